The third kappa shape index (κ3) is 2.97. The first-order valence-corrected chi connectivity index (χ1v) is 9.69. The first kappa shape index (κ1) is 19.1. The second kappa shape index (κ2) is 6.68. The number of hydrogen-bond donors (Lipinski definition) is 1. The second-order valence-corrected chi connectivity index (χ2v) is 8.10. The fourth-order valence-electron chi connectivity index (χ4n) is 3.76. The summed E-state index contributed by atoms with van der Waals surface area (Å²) in [6.07, 6.45) is 0. The number of rotatable bonds is 3. The van der Waals surface area contributed by atoms with Gasteiger partial charge in [0.05, 0.1) is 5.52 Å². The quantitative estimate of drug-likeness (QED) is 0.709. The Hall–Kier alpha value is -3.23. The van der Waals surface area contributed by atoms with Crippen LogP contribution in [0.4, 0.5) is 0 Å². The van der Waals surface area contributed by atoms with Crippen molar-refractivity contribution >= 4 is 28.4 Å². The monoisotopic (exact) mass is 396 g/mol. The zero-order valence-corrected chi connectivity index (χ0v) is 17.0. The lowest BCUT2D eigenvalue weighted by molar-refractivity contribution is -0.149. The summed E-state index contributed by atoms with van der Waals surface area (Å²) in [6.45, 7) is 7.85. The van der Waals surface area contributed by atoms with Crippen LogP contribution in [0, 0.1) is 0 Å². The molecule has 3 aromatic rings. The zero-order chi connectivity index (χ0) is 20.9. The van der Waals surface area contributed by atoms with Crippen molar-refractivity contribution < 1.29 is 9.59 Å². The van der Waals surface area contributed by atoms with Gasteiger partial charge in [0.1, 0.15) is 17.9 Å². The summed E-state index contributed by atoms with van der Waals surface area (Å²) in [7, 11) is 0. The molecule has 2 aromatic heterocycles. The van der Waals surface area contributed by atoms with E-state index in [9.17, 15) is 14.4 Å². The highest BCUT2D eigenvalue weighted by Gasteiger charge is 2.40. The molecule has 1 aromatic carbocycles. The molecule has 0 aliphatic carbocycles. The van der Waals surface area contributed by atoms with Crippen molar-refractivity contribution in [3.05, 3.63) is 40.6 Å². The Bertz CT molecular complexity index is 1190. The largest absolute Gasteiger partial charge is 0.352 e. The fraction of sp³-hybridized carbons (Fsp3) is 0.450. The van der Waals surface area contributed by atoms with Crippen molar-refractivity contribution in [1.82, 2.24) is 29.4 Å². The molecule has 29 heavy (non-hydrogen) atoms. The maximum absolute atomic E-state index is 13.1. The Morgan fingerprint density at radius 2 is 1.97 bits per heavy atom. The van der Waals surface area contributed by atoms with Gasteiger partial charge in [-0.15, -0.1) is 5.10 Å². The third-order valence-electron chi connectivity index (χ3n) is 5.40. The van der Waals surface area contributed by atoms with Crippen LogP contribution in [0.5, 0.6) is 0 Å². The molecule has 0 unspecified atom stereocenters. The maximum Gasteiger partial charge on any atom is 0.352 e. The Morgan fingerprint density at radius 3 is 2.69 bits per heavy atom. The first-order chi connectivity index (χ1) is 13.7. The van der Waals surface area contributed by atoms with Gasteiger partial charge in [-0.2, -0.15) is 0 Å². The predicted octanol–water partition coefficient (Wildman–Crippen LogP) is 0.905. The lowest BCUT2D eigenvalue weighted by Gasteiger charge is -2.41. The predicted molar refractivity (Wildman–Crippen MR) is 108 cm³/mol. The van der Waals surface area contributed by atoms with E-state index >= 15 is 0 Å². The number of carbonyl (C=O) groups is 2. The Morgan fingerprint density at radius 1 is 1.24 bits per heavy atom. The normalized spacial score (nSPS) is 16.6. The maximum atomic E-state index is 13.1. The molecule has 1 saturated heterocycles. The molecule has 0 radical (unpaired) electrons. The standard InChI is InChI=1S/C20H24N6O3/c1-12(2)16-22-14-8-6-5-7-13(14)17-23-25(19(29)26(16)17)11-15(27)24-10-9-21-18(28)20(24,3)4/h5-8,12H,9-11H2,1-4H3,(H,21,28). The molecule has 4 rings (SSSR count). The number of para-hydroxylation sites is 1. The van der Waals surface area contributed by atoms with Gasteiger partial charge in [-0.1, -0.05) is 26.0 Å². The van der Waals surface area contributed by atoms with E-state index in [1.54, 1.807) is 13.8 Å². The molecule has 1 aliphatic rings. The summed E-state index contributed by atoms with van der Waals surface area (Å²) in [5.74, 6) is 0.0633. The van der Waals surface area contributed by atoms with Crippen LogP contribution in [0.2, 0.25) is 0 Å². The van der Waals surface area contributed by atoms with Gasteiger partial charge in [0.25, 0.3) is 0 Å². The van der Waals surface area contributed by atoms with E-state index in [2.05, 4.69) is 15.4 Å². The van der Waals surface area contributed by atoms with Crippen LogP contribution in [-0.2, 0) is 16.1 Å². The Kier molecular flexibility index (Phi) is 4.40. The summed E-state index contributed by atoms with van der Waals surface area (Å²) in [5.41, 5.74) is -0.154. The van der Waals surface area contributed by atoms with Crippen LogP contribution >= 0.6 is 0 Å². The van der Waals surface area contributed by atoms with Crippen LogP contribution in [0.25, 0.3) is 16.6 Å². The van der Waals surface area contributed by atoms with Crippen LogP contribution in [0.3, 0.4) is 0 Å². The van der Waals surface area contributed by atoms with E-state index in [0.29, 0.717) is 24.6 Å². The number of fused-ring (bicyclic) bond motifs is 3. The lowest BCUT2D eigenvalue weighted by Crippen LogP contribution is -2.64. The van der Waals surface area contributed by atoms with E-state index < -0.39 is 11.2 Å². The molecule has 2 amide bonds. The first-order valence-electron chi connectivity index (χ1n) is 9.69. The highest BCUT2D eigenvalue weighted by atomic mass is 16.2. The number of amides is 2. The van der Waals surface area contributed by atoms with E-state index in [0.717, 1.165) is 10.9 Å². The smallest absolute Gasteiger partial charge is 0.352 e. The summed E-state index contributed by atoms with van der Waals surface area (Å²) < 4.78 is 2.65. The van der Waals surface area contributed by atoms with Gasteiger partial charge in [0.2, 0.25) is 11.8 Å². The van der Waals surface area contributed by atoms with Crippen molar-refractivity contribution in [3.8, 4) is 0 Å². The molecule has 0 atom stereocenters. The summed E-state index contributed by atoms with van der Waals surface area (Å²) in [5, 5.41) is 7.98. The Balaban J connectivity index is 1.81. The number of hydrogen-bond acceptors (Lipinski definition) is 5. The summed E-state index contributed by atoms with van der Waals surface area (Å²) in [4.78, 5) is 44.4. The number of nitrogens with one attached hydrogen (secondary N) is 1. The minimum atomic E-state index is -0.977. The molecule has 1 fully saturated rings. The van der Waals surface area contributed by atoms with Crippen molar-refractivity contribution in [2.45, 2.75) is 45.7 Å². The van der Waals surface area contributed by atoms with Crippen molar-refractivity contribution in [3.63, 3.8) is 0 Å². The lowest BCUT2D eigenvalue weighted by atomic mass is 9.99. The number of carbonyl (C=O) groups excluding carboxylic acids is 2. The Labute approximate surface area is 167 Å². The molecule has 152 valence electrons. The van der Waals surface area contributed by atoms with E-state index in [1.807, 2.05) is 38.1 Å². The topological polar surface area (TPSA) is 102 Å². The van der Waals surface area contributed by atoms with E-state index in [1.165, 1.54) is 14.0 Å². The van der Waals surface area contributed by atoms with Crippen LogP contribution in [0.1, 0.15) is 39.4 Å². The van der Waals surface area contributed by atoms with Crippen molar-refractivity contribution in [1.29, 1.82) is 0 Å². The highest BCUT2D eigenvalue weighted by Crippen LogP contribution is 2.21. The van der Waals surface area contributed by atoms with Gasteiger partial charge in [-0.25, -0.2) is 18.9 Å². The highest BCUT2D eigenvalue weighted by molar-refractivity contribution is 5.92. The molecule has 1 N–H and O–H groups in total. The minimum Gasteiger partial charge on any atom is -0.352 e. The number of piperazine rings is 1. The molecule has 0 spiro atoms. The third-order valence-corrected chi connectivity index (χ3v) is 5.40. The molecule has 0 bridgehead atoms. The van der Waals surface area contributed by atoms with Crippen LogP contribution < -0.4 is 11.0 Å². The second-order valence-electron chi connectivity index (χ2n) is 8.10. The van der Waals surface area contributed by atoms with Crippen molar-refractivity contribution in [2.24, 2.45) is 0 Å². The average molecular weight is 396 g/mol. The fourth-order valence-corrected chi connectivity index (χ4v) is 3.76. The number of benzene rings is 1. The molecular formula is C20H24N6O3. The van der Waals surface area contributed by atoms with Gasteiger partial charge in [-0.3, -0.25) is 9.59 Å². The molecule has 9 nitrogen and oxygen atoms in total. The van der Waals surface area contributed by atoms with Crippen LogP contribution in [-0.4, -0.2) is 54.5 Å². The van der Waals surface area contributed by atoms with Gasteiger partial charge in [0.15, 0.2) is 5.65 Å². The van der Waals surface area contributed by atoms with E-state index in [-0.39, 0.29) is 24.3 Å². The van der Waals surface area contributed by atoms with Gasteiger partial charge in [0, 0.05) is 24.4 Å². The average Bonchev–Trinajstić information content (AvgIpc) is 2.99. The molecule has 1 aliphatic heterocycles. The van der Waals surface area contributed by atoms with Gasteiger partial charge >= 0.3 is 5.69 Å². The van der Waals surface area contributed by atoms with Gasteiger partial charge in [-0.05, 0) is 26.0 Å². The van der Waals surface area contributed by atoms with Crippen LogP contribution in [0.15, 0.2) is 29.1 Å². The number of aromatic nitrogens is 4. The summed E-state index contributed by atoms with van der Waals surface area (Å²) in [6, 6.07) is 7.49. The van der Waals surface area contributed by atoms with Gasteiger partial charge < -0.3 is 10.2 Å². The molecule has 9 heteroatoms. The minimum absolute atomic E-state index is 0.00196. The van der Waals surface area contributed by atoms with Crippen molar-refractivity contribution in [2.75, 3.05) is 13.1 Å². The van der Waals surface area contributed by atoms with E-state index in [4.69, 9.17) is 0 Å². The molecular weight excluding hydrogens is 372 g/mol. The number of nitrogens with zero attached hydrogens (tertiary/aromatic N) is 5. The molecule has 0 saturated carbocycles. The zero-order valence-electron chi connectivity index (χ0n) is 17.0. The summed E-state index contributed by atoms with van der Waals surface area (Å²) >= 11 is 0. The molecule has 3 heterocycles. The SMILES string of the molecule is CC(C)c1nc2ccccc2c2nn(CC(=O)N3CCNC(=O)C3(C)C)c(=O)n12.